The molecule has 1 N–H and O–H groups in total. The summed E-state index contributed by atoms with van der Waals surface area (Å²) in [6, 6.07) is 9.40. The number of rotatable bonds is 3. The fraction of sp³-hybridized carbons (Fsp3) is 0.0909. The van der Waals surface area contributed by atoms with E-state index in [2.05, 4.69) is 22.3 Å². The Balaban J connectivity index is 2.11. The third-order valence-corrected chi connectivity index (χ3v) is 4.41. The zero-order valence-electron chi connectivity index (χ0n) is 8.93. The normalized spacial score (nSPS) is 12.2. The third-order valence-electron chi connectivity index (χ3n) is 2.19. The van der Waals surface area contributed by atoms with E-state index in [0.717, 1.165) is 17.1 Å². The van der Waals surface area contributed by atoms with Crippen LogP contribution in [-0.4, -0.2) is 10.3 Å². The van der Waals surface area contributed by atoms with Crippen molar-refractivity contribution < 1.29 is 4.79 Å². The summed E-state index contributed by atoms with van der Waals surface area (Å²) in [5.41, 5.74) is 0.890. The summed E-state index contributed by atoms with van der Waals surface area (Å²) in [7, 11) is 0. The molecule has 1 heterocycles. The van der Waals surface area contributed by atoms with E-state index in [1.807, 2.05) is 30.3 Å². The lowest BCUT2D eigenvalue weighted by Gasteiger charge is -2.12. The minimum Gasteiger partial charge on any atom is -0.336 e. The van der Waals surface area contributed by atoms with Crippen molar-refractivity contribution in [3.63, 3.8) is 0 Å². The van der Waals surface area contributed by atoms with Gasteiger partial charge in [0.1, 0.15) is 9.90 Å². The molecular formula is C11H8Cl2N2OS2. The molecule has 0 fully saturated rings. The van der Waals surface area contributed by atoms with Crippen molar-refractivity contribution in [2.45, 2.75) is 5.37 Å². The Morgan fingerprint density at radius 1 is 1.33 bits per heavy atom. The first-order chi connectivity index (χ1) is 8.59. The van der Waals surface area contributed by atoms with Crippen molar-refractivity contribution in [3.8, 4) is 0 Å². The van der Waals surface area contributed by atoms with Crippen molar-refractivity contribution in [3.05, 3.63) is 50.9 Å². The maximum Gasteiger partial charge on any atom is 0.265 e. The van der Waals surface area contributed by atoms with Gasteiger partial charge in [0.15, 0.2) is 5.15 Å². The molecule has 1 unspecified atom stereocenters. The highest BCUT2D eigenvalue weighted by Crippen LogP contribution is 2.29. The standard InChI is InChI=1S/C11H8Cl2N2OS2/c12-7-8(18-15-9(7)13)10(16)14-11(17)6-4-2-1-3-5-6/h1-5,11,17H,(H,14,16). The number of halogens is 2. The summed E-state index contributed by atoms with van der Waals surface area (Å²) in [6.07, 6.45) is 0. The monoisotopic (exact) mass is 318 g/mol. The molecule has 0 aliphatic rings. The van der Waals surface area contributed by atoms with Gasteiger partial charge in [-0.25, -0.2) is 0 Å². The highest BCUT2D eigenvalue weighted by molar-refractivity contribution is 7.80. The SMILES string of the molecule is O=C(NC(S)c1ccccc1)c1snc(Cl)c1Cl. The van der Waals surface area contributed by atoms with E-state index in [-0.39, 0.29) is 21.0 Å². The van der Waals surface area contributed by atoms with Crippen LogP contribution in [0.1, 0.15) is 20.6 Å². The molecule has 0 bridgehead atoms. The Kier molecular flexibility index (Phi) is 4.50. The predicted molar refractivity (Wildman–Crippen MR) is 77.8 cm³/mol. The molecule has 0 saturated carbocycles. The van der Waals surface area contributed by atoms with Gasteiger partial charge in [0.05, 0.1) is 5.37 Å². The minimum atomic E-state index is -0.407. The van der Waals surface area contributed by atoms with Crippen molar-refractivity contribution in [2.24, 2.45) is 0 Å². The van der Waals surface area contributed by atoms with Gasteiger partial charge in [-0.05, 0) is 17.1 Å². The molecule has 94 valence electrons. The molecular weight excluding hydrogens is 311 g/mol. The maximum absolute atomic E-state index is 11.9. The molecule has 2 aromatic rings. The van der Waals surface area contributed by atoms with Crippen LogP contribution in [0.2, 0.25) is 10.2 Å². The summed E-state index contributed by atoms with van der Waals surface area (Å²) in [5, 5.41) is 2.63. The lowest BCUT2D eigenvalue weighted by Crippen LogP contribution is -2.24. The molecule has 0 spiro atoms. The van der Waals surface area contributed by atoms with E-state index in [1.165, 1.54) is 0 Å². The average molecular weight is 319 g/mol. The fourth-order valence-electron chi connectivity index (χ4n) is 1.31. The van der Waals surface area contributed by atoms with E-state index in [1.54, 1.807) is 0 Å². The fourth-order valence-corrected chi connectivity index (χ4v) is 2.72. The number of carbonyl (C=O) groups is 1. The Morgan fingerprint density at radius 2 is 2.00 bits per heavy atom. The van der Waals surface area contributed by atoms with Gasteiger partial charge in [0.2, 0.25) is 0 Å². The Labute approximate surface area is 124 Å². The number of thiol groups is 1. The quantitative estimate of drug-likeness (QED) is 0.667. The number of hydrogen-bond acceptors (Lipinski definition) is 4. The number of nitrogens with zero attached hydrogens (tertiary/aromatic N) is 1. The van der Waals surface area contributed by atoms with E-state index < -0.39 is 5.37 Å². The summed E-state index contributed by atoms with van der Waals surface area (Å²) in [5.74, 6) is -0.340. The van der Waals surface area contributed by atoms with Gasteiger partial charge in [-0.1, -0.05) is 53.5 Å². The maximum atomic E-state index is 11.9. The van der Waals surface area contributed by atoms with Crippen LogP contribution in [-0.2, 0) is 0 Å². The lowest BCUT2D eigenvalue weighted by atomic mass is 10.2. The van der Waals surface area contributed by atoms with Gasteiger partial charge in [0.25, 0.3) is 5.91 Å². The topological polar surface area (TPSA) is 42.0 Å². The van der Waals surface area contributed by atoms with E-state index in [9.17, 15) is 4.79 Å². The van der Waals surface area contributed by atoms with Crippen LogP contribution in [0.15, 0.2) is 30.3 Å². The van der Waals surface area contributed by atoms with Crippen LogP contribution in [0.4, 0.5) is 0 Å². The Hall–Kier alpha value is -0.750. The van der Waals surface area contributed by atoms with Gasteiger partial charge in [-0.3, -0.25) is 4.79 Å². The first-order valence-corrected chi connectivity index (χ1v) is 6.98. The zero-order chi connectivity index (χ0) is 13.1. The minimum absolute atomic E-state index is 0.141. The van der Waals surface area contributed by atoms with Crippen molar-refractivity contribution >= 4 is 53.3 Å². The van der Waals surface area contributed by atoms with Gasteiger partial charge in [-0.15, -0.1) is 12.6 Å². The van der Waals surface area contributed by atoms with Crippen LogP contribution in [0, 0.1) is 0 Å². The summed E-state index contributed by atoms with van der Waals surface area (Å²) in [4.78, 5) is 12.2. The largest absolute Gasteiger partial charge is 0.336 e. The first kappa shape index (κ1) is 13.7. The number of nitrogens with one attached hydrogen (secondary N) is 1. The van der Waals surface area contributed by atoms with E-state index in [0.29, 0.717) is 0 Å². The second kappa shape index (κ2) is 5.93. The van der Waals surface area contributed by atoms with E-state index in [4.69, 9.17) is 23.2 Å². The van der Waals surface area contributed by atoms with Crippen LogP contribution in [0.3, 0.4) is 0 Å². The van der Waals surface area contributed by atoms with Crippen molar-refractivity contribution in [2.75, 3.05) is 0 Å². The second-order valence-electron chi connectivity index (χ2n) is 3.40. The summed E-state index contributed by atoms with van der Waals surface area (Å²) in [6.45, 7) is 0. The molecule has 0 aliphatic heterocycles. The summed E-state index contributed by atoms with van der Waals surface area (Å²) < 4.78 is 3.81. The molecule has 1 aromatic heterocycles. The smallest absolute Gasteiger partial charge is 0.265 e. The second-order valence-corrected chi connectivity index (χ2v) is 5.43. The Morgan fingerprint density at radius 3 is 2.56 bits per heavy atom. The zero-order valence-corrected chi connectivity index (χ0v) is 12.2. The van der Waals surface area contributed by atoms with Gasteiger partial charge in [-0.2, -0.15) is 4.37 Å². The number of amides is 1. The van der Waals surface area contributed by atoms with E-state index >= 15 is 0 Å². The van der Waals surface area contributed by atoms with Crippen LogP contribution in [0.5, 0.6) is 0 Å². The van der Waals surface area contributed by atoms with Gasteiger partial charge < -0.3 is 5.32 Å². The molecule has 1 aromatic carbocycles. The molecule has 1 atom stereocenters. The molecule has 7 heteroatoms. The van der Waals surface area contributed by atoms with Crippen molar-refractivity contribution in [1.29, 1.82) is 0 Å². The molecule has 3 nitrogen and oxygen atoms in total. The predicted octanol–water partition coefficient (Wildman–Crippen LogP) is 3.81. The van der Waals surface area contributed by atoms with Crippen molar-refractivity contribution in [1.82, 2.24) is 9.69 Å². The third kappa shape index (κ3) is 2.98. The lowest BCUT2D eigenvalue weighted by molar-refractivity contribution is 0.0954. The van der Waals surface area contributed by atoms with Crippen LogP contribution < -0.4 is 5.32 Å². The highest BCUT2D eigenvalue weighted by atomic mass is 35.5. The molecule has 18 heavy (non-hydrogen) atoms. The number of hydrogen-bond donors (Lipinski definition) is 2. The highest BCUT2D eigenvalue weighted by Gasteiger charge is 2.19. The van der Waals surface area contributed by atoms with Crippen LogP contribution >= 0.6 is 47.4 Å². The molecule has 0 aliphatic carbocycles. The molecule has 0 radical (unpaired) electrons. The first-order valence-electron chi connectivity index (χ1n) is 4.94. The number of carbonyl (C=O) groups excluding carboxylic acids is 1. The average Bonchev–Trinajstić information content (AvgIpc) is 2.71. The molecule has 1 amide bonds. The van der Waals surface area contributed by atoms with Gasteiger partial charge >= 0.3 is 0 Å². The number of aromatic nitrogens is 1. The molecule has 0 saturated heterocycles. The number of benzene rings is 1. The van der Waals surface area contributed by atoms with Gasteiger partial charge in [0, 0.05) is 0 Å². The molecule has 2 rings (SSSR count). The summed E-state index contributed by atoms with van der Waals surface area (Å²) >= 11 is 16.8. The Bertz CT molecular complexity index is 559. The van der Waals surface area contributed by atoms with Crippen LogP contribution in [0.25, 0.3) is 0 Å².